The maximum atomic E-state index is 11.5. The number of fused-ring (bicyclic) bond motifs is 1. The Kier molecular flexibility index (Phi) is 1.90. The topological polar surface area (TPSA) is 37.4 Å². The van der Waals surface area contributed by atoms with Crippen LogP contribution in [0.2, 0.25) is 0 Å². The van der Waals surface area contributed by atoms with Crippen LogP contribution in [0.5, 0.6) is 0 Å². The van der Waals surface area contributed by atoms with E-state index in [4.69, 9.17) is 0 Å². The number of hydrogen-bond donors (Lipinski definition) is 0. The van der Waals surface area contributed by atoms with Crippen molar-refractivity contribution in [3.8, 4) is 0 Å². The number of nitrogens with zero attached hydrogens (tertiary/aromatic N) is 1. The Morgan fingerprint density at radius 3 is 2.69 bits per heavy atom. The minimum Gasteiger partial charge on any atom is -0.332 e. The number of ketones is 1. The monoisotopic (exact) mass is 181 g/mol. The van der Waals surface area contributed by atoms with Crippen LogP contribution in [0.4, 0.5) is 0 Å². The van der Waals surface area contributed by atoms with E-state index in [-0.39, 0.29) is 17.7 Å². The summed E-state index contributed by atoms with van der Waals surface area (Å²) < 4.78 is 0. The van der Waals surface area contributed by atoms with Gasteiger partial charge in [0, 0.05) is 13.0 Å². The summed E-state index contributed by atoms with van der Waals surface area (Å²) in [6.07, 6.45) is 1.67. The molecule has 0 radical (unpaired) electrons. The van der Waals surface area contributed by atoms with Crippen LogP contribution in [0.25, 0.3) is 0 Å². The lowest BCUT2D eigenvalue weighted by Crippen LogP contribution is -2.42. The van der Waals surface area contributed by atoms with Crippen LogP contribution in [-0.4, -0.2) is 29.2 Å². The molecule has 1 amide bonds. The number of hydrogen-bond acceptors (Lipinski definition) is 2. The highest BCUT2D eigenvalue weighted by Gasteiger charge is 2.55. The number of likely N-dealkylation sites (tertiary alicyclic amines) is 1. The first-order valence-electron chi connectivity index (χ1n) is 4.95. The molecule has 0 bridgehead atoms. The van der Waals surface area contributed by atoms with E-state index >= 15 is 0 Å². The average Bonchev–Trinajstić information content (AvgIpc) is 2.74. The minimum absolute atomic E-state index is 0.0857. The molecule has 72 valence electrons. The van der Waals surface area contributed by atoms with Crippen molar-refractivity contribution in [1.82, 2.24) is 4.90 Å². The molecule has 1 heterocycles. The molecule has 3 heteroatoms. The molecule has 0 spiro atoms. The Balaban J connectivity index is 2.12. The largest absolute Gasteiger partial charge is 0.332 e. The Morgan fingerprint density at radius 1 is 1.46 bits per heavy atom. The second-order valence-electron chi connectivity index (χ2n) is 4.11. The van der Waals surface area contributed by atoms with Crippen LogP contribution in [0.15, 0.2) is 0 Å². The van der Waals surface area contributed by atoms with Crippen molar-refractivity contribution < 1.29 is 9.59 Å². The van der Waals surface area contributed by atoms with Crippen molar-refractivity contribution in [2.45, 2.75) is 32.7 Å². The Morgan fingerprint density at radius 2 is 2.15 bits per heavy atom. The van der Waals surface area contributed by atoms with Gasteiger partial charge in [-0.15, -0.1) is 0 Å². The molecular weight excluding hydrogens is 166 g/mol. The van der Waals surface area contributed by atoms with Crippen LogP contribution in [0.3, 0.4) is 0 Å². The van der Waals surface area contributed by atoms with Gasteiger partial charge in [0.1, 0.15) is 0 Å². The predicted octanol–water partition coefficient (Wildman–Crippen LogP) is 0.832. The SMILES string of the molecule is CCC(=O)N1C[C@@H]2CC2[C@H]1C(C)=O. The maximum absolute atomic E-state index is 11.5. The van der Waals surface area contributed by atoms with Crippen LogP contribution in [0, 0.1) is 11.8 Å². The molecule has 2 aliphatic rings. The Bertz CT molecular complexity index is 262. The van der Waals surface area contributed by atoms with Crippen LogP contribution >= 0.6 is 0 Å². The summed E-state index contributed by atoms with van der Waals surface area (Å²) in [6, 6.07) is -0.0857. The second-order valence-corrected chi connectivity index (χ2v) is 4.11. The molecule has 13 heavy (non-hydrogen) atoms. The van der Waals surface area contributed by atoms with Crippen molar-refractivity contribution in [2.75, 3.05) is 6.54 Å². The van der Waals surface area contributed by atoms with Crippen LogP contribution in [-0.2, 0) is 9.59 Å². The van der Waals surface area contributed by atoms with Gasteiger partial charge in [0.15, 0.2) is 5.78 Å². The third-order valence-corrected chi connectivity index (χ3v) is 3.19. The molecule has 0 aromatic carbocycles. The molecule has 3 nitrogen and oxygen atoms in total. The summed E-state index contributed by atoms with van der Waals surface area (Å²) in [5, 5.41) is 0. The molecule has 2 rings (SSSR count). The fourth-order valence-electron chi connectivity index (χ4n) is 2.45. The lowest BCUT2D eigenvalue weighted by Gasteiger charge is -2.24. The Hall–Kier alpha value is -0.860. The number of carbonyl (C=O) groups excluding carboxylic acids is 2. The van der Waals surface area contributed by atoms with Gasteiger partial charge >= 0.3 is 0 Å². The van der Waals surface area contributed by atoms with E-state index in [1.54, 1.807) is 11.8 Å². The number of rotatable bonds is 2. The van der Waals surface area contributed by atoms with E-state index in [2.05, 4.69) is 0 Å². The normalized spacial score (nSPS) is 35.8. The van der Waals surface area contributed by atoms with E-state index in [0.29, 0.717) is 18.3 Å². The van der Waals surface area contributed by atoms with Crippen LogP contribution < -0.4 is 0 Å². The van der Waals surface area contributed by atoms with Crippen molar-refractivity contribution in [1.29, 1.82) is 0 Å². The Labute approximate surface area is 78.1 Å². The minimum atomic E-state index is -0.0857. The second kappa shape index (κ2) is 2.82. The number of Topliss-reactive ketones (excluding diaryl/α,β-unsaturated/α-hetero) is 1. The molecule has 1 saturated carbocycles. The van der Waals surface area contributed by atoms with Crippen molar-refractivity contribution in [2.24, 2.45) is 11.8 Å². The van der Waals surface area contributed by atoms with Crippen molar-refractivity contribution in [3.63, 3.8) is 0 Å². The van der Waals surface area contributed by atoms with Gasteiger partial charge < -0.3 is 4.90 Å². The van der Waals surface area contributed by atoms with Crippen molar-refractivity contribution >= 4 is 11.7 Å². The van der Waals surface area contributed by atoms with Gasteiger partial charge in [0.2, 0.25) is 5.91 Å². The third-order valence-electron chi connectivity index (χ3n) is 3.19. The van der Waals surface area contributed by atoms with Gasteiger partial charge in [-0.05, 0) is 25.2 Å². The standard InChI is InChI=1S/C10H15NO2/c1-3-9(13)11-5-7-4-8(7)10(11)6(2)12/h7-8,10H,3-5H2,1-2H3/t7-,8?,10+/m0/s1. The summed E-state index contributed by atoms with van der Waals surface area (Å²) in [4.78, 5) is 24.6. The van der Waals surface area contributed by atoms with E-state index in [1.165, 1.54) is 0 Å². The summed E-state index contributed by atoms with van der Waals surface area (Å²) in [5.74, 6) is 1.41. The quantitative estimate of drug-likeness (QED) is 0.633. The number of amides is 1. The van der Waals surface area contributed by atoms with Gasteiger partial charge in [-0.2, -0.15) is 0 Å². The summed E-state index contributed by atoms with van der Waals surface area (Å²) in [6.45, 7) is 4.27. The molecule has 0 aromatic rings. The lowest BCUT2D eigenvalue weighted by molar-refractivity contribution is -0.137. The molecule has 3 atom stereocenters. The fraction of sp³-hybridized carbons (Fsp3) is 0.800. The molecule has 1 aliphatic heterocycles. The highest BCUT2D eigenvalue weighted by molar-refractivity contribution is 5.89. The highest BCUT2D eigenvalue weighted by Crippen LogP contribution is 2.49. The van der Waals surface area contributed by atoms with Gasteiger partial charge in [-0.1, -0.05) is 6.92 Å². The number of carbonyl (C=O) groups is 2. The fourth-order valence-corrected chi connectivity index (χ4v) is 2.45. The van der Waals surface area contributed by atoms with E-state index < -0.39 is 0 Å². The van der Waals surface area contributed by atoms with Gasteiger partial charge in [-0.25, -0.2) is 0 Å². The lowest BCUT2D eigenvalue weighted by atomic mass is 10.1. The summed E-state index contributed by atoms with van der Waals surface area (Å²) in [7, 11) is 0. The zero-order valence-electron chi connectivity index (χ0n) is 8.12. The summed E-state index contributed by atoms with van der Waals surface area (Å²) >= 11 is 0. The average molecular weight is 181 g/mol. The van der Waals surface area contributed by atoms with Crippen LogP contribution in [0.1, 0.15) is 26.7 Å². The molecule has 0 aromatic heterocycles. The van der Waals surface area contributed by atoms with Crippen molar-refractivity contribution in [3.05, 3.63) is 0 Å². The smallest absolute Gasteiger partial charge is 0.222 e. The zero-order chi connectivity index (χ0) is 9.59. The molecule has 1 saturated heterocycles. The molecule has 1 unspecified atom stereocenters. The third kappa shape index (κ3) is 1.26. The molecule has 2 fully saturated rings. The first kappa shape index (κ1) is 8.73. The highest BCUT2D eigenvalue weighted by atomic mass is 16.2. The first-order valence-corrected chi connectivity index (χ1v) is 4.95. The number of piperidine rings is 1. The molecule has 1 aliphatic carbocycles. The predicted molar refractivity (Wildman–Crippen MR) is 48.1 cm³/mol. The van der Waals surface area contributed by atoms with Gasteiger partial charge in [0.05, 0.1) is 6.04 Å². The van der Waals surface area contributed by atoms with E-state index in [1.807, 2.05) is 6.92 Å². The van der Waals surface area contributed by atoms with Gasteiger partial charge in [0.25, 0.3) is 0 Å². The molecular formula is C10H15NO2. The first-order chi connectivity index (χ1) is 6.15. The maximum Gasteiger partial charge on any atom is 0.222 e. The molecule has 0 N–H and O–H groups in total. The van der Waals surface area contributed by atoms with E-state index in [0.717, 1.165) is 13.0 Å². The zero-order valence-corrected chi connectivity index (χ0v) is 8.12. The van der Waals surface area contributed by atoms with Gasteiger partial charge in [-0.3, -0.25) is 9.59 Å². The summed E-state index contributed by atoms with van der Waals surface area (Å²) in [5.41, 5.74) is 0. The van der Waals surface area contributed by atoms with E-state index in [9.17, 15) is 9.59 Å².